The summed E-state index contributed by atoms with van der Waals surface area (Å²) in [4.78, 5) is 10.6. The van der Waals surface area contributed by atoms with Gasteiger partial charge in [0.25, 0.3) is 0 Å². The van der Waals surface area contributed by atoms with E-state index in [0.29, 0.717) is 5.33 Å². The van der Waals surface area contributed by atoms with Crippen molar-refractivity contribution in [3.05, 3.63) is 0 Å². The number of alkyl halides is 2. The van der Waals surface area contributed by atoms with Gasteiger partial charge in [0.15, 0.2) is 0 Å². The van der Waals surface area contributed by atoms with Gasteiger partial charge >= 0.3 is 6.16 Å². The number of carbonyl (C=O) groups excluding carboxylic acids is 1. The molecule has 0 aromatic carbocycles. The van der Waals surface area contributed by atoms with E-state index in [0.717, 1.165) is 0 Å². The summed E-state index contributed by atoms with van der Waals surface area (Å²) in [5.41, 5.74) is 0. The summed E-state index contributed by atoms with van der Waals surface area (Å²) in [5, 5.41) is 0.600. The van der Waals surface area contributed by atoms with E-state index in [4.69, 9.17) is 16.3 Å². The monoisotopic (exact) mass is 244 g/mol. The van der Waals surface area contributed by atoms with Gasteiger partial charge in [-0.05, 0) is 6.92 Å². The van der Waals surface area contributed by atoms with E-state index in [2.05, 4.69) is 20.7 Å². The van der Waals surface area contributed by atoms with Crippen LogP contribution in [0.2, 0.25) is 0 Å². The third-order valence-electron chi connectivity index (χ3n) is 0.812. The molecule has 1 unspecified atom stereocenters. The molecule has 0 aromatic heterocycles. The lowest BCUT2D eigenvalue weighted by molar-refractivity contribution is 0.0399. The maximum atomic E-state index is 10.6. The van der Waals surface area contributed by atoms with Gasteiger partial charge in [-0.15, -0.1) is 11.6 Å². The Morgan fingerprint density at radius 2 is 2.36 bits per heavy atom. The second kappa shape index (κ2) is 6.73. The highest BCUT2D eigenvalue weighted by molar-refractivity contribution is 9.09. The van der Waals surface area contributed by atoms with E-state index >= 15 is 0 Å². The first-order chi connectivity index (χ1) is 5.20. The molecule has 0 saturated carbocycles. The Morgan fingerprint density at radius 1 is 1.73 bits per heavy atom. The van der Waals surface area contributed by atoms with Crippen molar-refractivity contribution >= 4 is 33.7 Å². The van der Waals surface area contributed by atoms with Gasteiger partial charge in [0, 0.05) is 5.33 Å². The molecule has 11 heavy (non-hydrogen) atoms. The van der Waals surface area contributed by atoms with Gasteiger partial charge < -0.3 is 9.47 Å². The molecular formula is C6H10BrClO3. The predicted octanol–water partition coefficient (Wildman–Crippen LogP) is 2.16. The average Bonchev–Trinajstić information content (AvgIpc) is 2.00. The van der Waals surface area contributed by atoms with Crippen LogP contribution in [-0.2, 0) is 9.47 Å². The Bertz CT molecular complexity index is 120. The van der Waals surface area contributed by atoms with Crippen molar-refractivity contribution in [3.8, 4) is 0 Å². The van der Waals surface area contributed by atoms with Gasteiger partial charge in [0.2, 0.25) is 0 Å². The number of hydrogen-bond acceptors (Lipinski definition) is 3. The molecule has 0 heterocycles. The fourth-order valence-electron chi connectivity index (χ4n) is 0.352. The van der Waals surface area contributed by atoms with Crippen molar-refractivity contribution in [3.63, 3.8) is 0 Å². The molecule has 66 valence electrons. The minimum atomic E-state index is -0.669. The third kappa shape index (κ3) is 6.44. The molecule has 5 heteroatoms. The zero-order chi connectivity index (χ0) is 8.69. The van der Waals surface area contributed by atoms with Crippen LogP contribution in [0.3, 0.4) is 0 Å². The fraction of sp³-hybridized carbons (Fsp3) is 0.833. The molecule has 0 fully saturated rings. The summed E-state index contributed by atoms with van der Waals surface area (Å²) in [7, 11) is 0. The summed E-state index contributed by atoms with van der Waals surface area (Å²) >= 11 is 8.43. The predicted molar refractivity (Wildman–Crippen MR) is 46.4 cm³/mol. The summed E-state index contributed by atoms with van der Waals surface area (Å²) in [6, 6.07) is 0. The quantitative estimate of drug-likeness (QED) is 0.562. The Hall–Kier alpha value is 0.0400. The highest BCUT2D eigenvalue weighted by atomic mass is 79.9. The van der Waals surface area contributed by atoms with Crippen LogP contribution in [-0.4, -0.2) is 30.1 Å². The van der Waals surface area contributed by atoms with E-state index in [-0.39, 0.29) is 18.6 Å². The topological polar surface area (TPSA) is 35.5 Å². The zero-order valence-corrected chi connectivity index (χ0v) is 8.52. The number of halogens is 2. The minimum Gasteiger partial charge on any atom is -0.433 e. The number of hydrogen-bond donors (Lipinski definition) is 0. The summed E-state index contributed by atoms with van der Waals surface area (Å²) < 4.78 is 9.28. The van der Waals surface area contributed by atoms with Gasteiger partial charge in [0.05, 0.1) is 5.88 Å². The van der Waals surface area contributed by atoms with Crippen molar-refractivity contribution in [2.45, 2.75) is 13.0 Å². The van der Waals surface area contributed by atoms with Crippen LogP contribution in [0.1, 0.15) is 6.92 Å². The Kier molecular flexibility index (Phi) is 6.76. The van der Waals surface area contributed by atoms with Crippen LogP contribution < -0.4 is 0 Å². The average molecular weight is 245 g/mol. The Labute approximate surface area is 79.1 Å². The van der Waals surface area contributed by atoms with Crippen molar-refractivity contribution < 1.29 is 14.3 Å². The third-order valence-corrected chi connectivity index (χ3v) is 1.88. The van der Waals surface area contributed by atoms with Crippen LogP contribution in [0, 0.1) is 0 Å². The van der Waals surface area contributed by atoms with Gasteiger partial charge in [-0.25, -0.2) is 4.79 Å². The number of rotatable bonds is 4. The molecular weight excluding hydrogens is 235 g/mol. The maximum Gasteiger partial charge on any atom is 0.508 e. The van der Waals surface area contributed by atoms with Crippen LogP contribution in [0.15, 0.2) is 0 Å². The number of carbonyl (C=O) groups is 1. The summed E-state index contributed by atoms with van der Waals surface area (Å²) in [6.45, 7) is 1.95. The number of ether oxygens (including phenoxy) is 2. The molecule has 0 spiro atoms. The molecule has 0 aliphatic rings. The van der Waals surface area contributed by atoms with E-state index in [1.807, 2.05) is 0 Å². The lowest BCUT2D eigenvalue weighted by Gasteiger charge is -2.08. The SMILES string of the molecule is CC(CBr)OC(=O)OCCCl. The molecule has 0 aliphatic carbocycles. The summed E-state index contributed by atoms with van der Waals surface area (Å²) in [5.74, 6) is 0.289. The second-order valence-electron chi connectivity index (χ2n) is 1.87. The fourth-order valence-corrected chi connectivity index (χ4v) is 0.561. The highest BCUT2D eigenvalue weighted by Gasteiger charge is 2.07. The van der Waals surface area contributed by atoms with Crippen LogP contribution in [0.4, 0.5) is 4.79 Å². The molecule has 0 saturated heterocycles. The van der Waals surface area contributed by atoms with Crippen molar-refractivity contribution in [2.75, 3.05) is 17.8 Å². The van der Waals surface area contributed by atoms with E-state index < -0.39 is 6.16 Å². The van der Waals surface area contributed by atoms with Gasteiger partial charge in [-0.1, -0.05) is 15.9 Å². The standard InChI is InChI=1S/C6H10BrClO3/c1-5(4-7)11-6(9)10-3-2-8/h5H,2-4H2,1H3. The van der Waals surface area contributed by atoms with Crippen molar-refractivity contribution in [2.24, 2.45) is 0 Å². The van der Waals surface area contributed by atoms with E-state index in [1.165, 1.54) is 0 Å². The van der Waals surface area contributed by atoms with Crippen molar-refractivity contribution in [1.82, 2.24) is 0 Å². The normalized spacial score (nSPS) is 12.3. The van der Waals surface area contributed by atoms with Crippen LogP contribution in [0.25, 0.3) is 0 Å². The Morgan fingerprint density at radius 3 is 2.82 bits per heavy atom. The molecule has 0 aromatic rings. The van der Waals surface area contributed by atoms with Gasteiger partial charge in [-0.2, -0.15) is 0 Å². The van der Waals surface area contributed by atoms with Gasteiger partial charge in [-0.3, -0.25) is 0 Å². The van der Waals surface area contributed by atoms with Gasteiger partial charge in [0.1, 0.15) is 12.7 Å². The zero-order valence-electron chi connectivity index (χ0n) is 6.18. The highest BCUT2D eigenvalue weighted by Crippen LogP contribution is 1.98. The maximum absolute atomic E-state index is 10.6. The second-order valence-corrected chi connectivity index (χ2v) is 2.90. The Balaban J connectivity index is 3.36. The van der Waals surface area contributed by atoms with Crippen molar-refractivity contribution in [1.29, 1.82) is 0 Å². The lowest BCUT2D eigenvalue weighted by atomic mass is 10.5. The van der Waals surface area contributed by atoms with Crippen LogP contribution in [0.5, 0.6) is 0 Å². The first-order valence-electron chi connectivity index (χ1n) is 3.16. The molecule has 0 amide bonds. The molecule has 3 nitrogen and oxygen atoms in total. The molecule has 0 bridgehead atoms. The molecule has 0 radical (unpaired) electrons. The molecule has 0 N–H and O–H groups in total. The first kappa shape index (κ1) is 11.0. The van der Waals surface area contributed by atoms with E-state index in [1.54, 1.807) is 6.92 Å². The largest absolute Gasteiger partial charge is 0.508 e. The molecule has 0 rings (SSSR count). The molecule has 0 aliphatic heterocycles. The molecule has 1 atom stereocenters. The minimum absolute atomic E-state index is 0.169. The lowest BCUT2D eigenvalue weighted by Crippen LogP contribution is -2.17. The smallest absolute Gasteiger partial charge is 0.433 e. The van der Waals surface area contributed by atoms with Crippen LogP contribution >= 0.6 is 27.5 Å². The summed E-state index contributed by atoms with van der Waals surface area (Å²) in [6.07, 6.45) is -0.838. The van der Waals surface area contributed by atoms with E-state index in [9.17, 15) is 4.79 Å². The first-order valence-corrected chi connectivity index (χ1v) is 4.81.